The first kappa shape index (κ1) is 18.1. The number of hydrogen-bond acceptors (Lipinski definition) is 6. The summed E-state index contributed by atoms with van der Waals surface area (Å²) in [6.07, 6.45) is 2.09. The van der Waals surface area contributed by atoms with Gasteiger partial charge < -0.3 is 9.47 Å². The van der Waals surface area contributed by atoms with Crippen molar-refractivity contribution in [2.45, 2.75) is 13.3 Å². The zero-order chi connectivity index (χ0) is 17.7. The van der Waals surface area contributed by atoms with Crippen LogP contribution in [0.3, 0.4) is 0 Å². The number of benzene rings is 1. The fraction of sp³-hybridized carbons (Fsp3) is 0.267. The van der Waals surface area contributed by atoms with Gasteiger partial charge in [0, 0.05) is 17.3 Å². The number of H-pyrrole nitrogens is 1. The third-order valence-corrected chi connectivity index (χ3v) is 3.72. The number of aromatic nitrogens is 2. The van der Waals surface area contributed by atoms with Crippen molar-refractivity contribution in [1.29, 1.82) is 0 Å². The minimum atomic E-state index is -0.257. The molecule has 128 valence electrons. The lowest BCUT2D eigenvalue weighted by Crippen LogP contribution is -2.11. The van der Waals surface area contributed by atoms with Crippen LogP contribution in [0, 0.1) is 0 Å². The number of ether oxygens (including phenoxy) is 2. The normalized spacial score (nSPS) is 10.9. The van der Waals surface area contributed by atoms with Crippen molar-refractivity contribution < 1.29 is 9.47 Å². The lowest BCUT2D eigenvalue weighted by molar-refractivity contribution is 0.394. The smallest absolute Gasteiger partial charge is 0.252 e. The average Bonchev–Trinajstić information content (AvgIpc) is 2.54. The molecule has 0 saturated carbocycles. The van der Waals surface area contributed by atoms with Gasteiger partial charge in [-0.25, -0.2) is 10.4 Å². The molecule has 1 heterocycles. The number of hydrazone groups is 1. The van der Waals surface area contributed by atoms with E-state index in [4.69, 9.17) is 32.7 Å². The summed E-state index contributed by atoms with van der Waals surface area (Å²) in [5.74, 6) is 0.925. The zero-order valence-electron chi connectivity index (χ0n) is 13.3. The highest BCUT2D eigenvalue weighted by atomic mass is 35.5. The number of rotatable bonds is 6. The van der Waals surface area contributed by atoms with E-state index in [9.17, 15) is 4.79 Å². The fourth-order valence-corrected chi connectivity index (χ4v) is 2.70. The maximum Gasteiger partial charge on any atom is 0.252 e. The molecule has 0 aliphatic heterocycles. The molecule has 0 aliphatic carbocycles. The Balaban J connectivity index is 2.29. The summed E-state index contributed by atoms with van der Waals surface area (Å²) in [5, 5.41) is 4.60. The largest absolute Gasteiger partial charge is 0.494 e. The Kier molecular flexibility index (Phi) is 6.05. The molecule has 0 saturated heterocycles. The number of methoxy groups -OCH3 is 2. The molecule has 1 aromatic carbocycles. The molecule has 0 amide bonds. The van der Waals surface area contributed by atoms with Crippen molar-refractivity contribution in [2.75, 3.05) is 19.6 Å². The van der Waals surface area contributed by atoms with Crippen molar-refractivity contribution in [2.24, 2.45) is 5.10 Å². The van der Waals surface area contributed by atoms with Crippen LogP contribution in [-0.4, -0.2) is 30.4 Å². The van der Waals surface area contributed by atoms with Crippen molar-refractivity contribution >= 4 is 35.4 Å². The standard InChI is InChI=1S/C15H16Cl2N4O3/c1-4-9-6-11(22)20-15(19-9)21-18-7-8-5-10(16)14(24-3)12(17)13(8)23-2/h5-7H,4H2,1-3H3,(H2,19,20,21,22)/b18-7-. The molecule has 2 rings (SSSR count). The number of nitrogens with zero attached hydrogens (tertiary/aromatic N) is 2. The summed E-state index contributed by atoms with van der Waals surface area (Å²) in [6.45, 7) is 1.90. The highest BCUT2D eigenvalue weighted by molar-refractivity contribution is 6.38. The maximum atomic E-state index is 11.5. The Bertz CT molecular complexity index is 821. The van der Waals surface area contributed by atoms with E-state index >= 15 is 0 Å². The quantitative estimate of drug-likeness (QED) is 0.602. The Hall–Kier alpha value is -2.25. The molecule has 0 unspecified atom stereocenters. The van der Waals surface area contributed by atoms with Crippen LogP contribution in [0.15, 0.2) is 22.0 Å². The third-order valence-electron chi connectivity index (χ3n) is 3.10. The highest BCUT2D eigenvalue weighted by Gasteiger charge is 2.16. The van der Waals surface area contributed by atoms with E-state index in [0.717, 1.165) is 0 Å². The van der Waals surface area contributed by atoms with E-state index in [0.29, 0.717) is 34.2 Å². The molecule has 2 aromatic rings. The van der Waals surface area contributed by atoms with Gasteiger partial charge in [-0.3, -0.25) is 9.78 Å². The summed E-state index contributed by atoms with van der Waals surface area (Å²) in [5.41, 5.74) is 3.59. The molecule has 0 bridgehead atoms. The molecule has 9 heteroatoms. The van der Waals surface area contributed by atoms with Gasteiger partial charge in [-0.05, 0) is 12.5 Å². The van der Waals surface area contributed by atoms with Gasteiger partial charge in [0.2, 0.25) is 5.95 Å². The van der Waals surface area contributed by atoms with Gasteiger partial charge in [0.1, 0.15) is 10.8 Å². The monoisotopic (exact) mass is 370 g/mol. The summed E-state index contributed by atoms with van der Waals surface area (Å²) in [4.78, 5) is 18.3. The molecule has 0 radical (unpaired) electrons. The van der Waals surface area contributed by atoms with Crippen molar-refractivity contribution in [3.05, 3.63) is 43.8 Å². The lowest BCUT2D eigenvalue weighted by atomic mass is 10.2. The molecule has 0 atom stereocenters. The van der Waals surface area contributed by atoms with Crippen molar-refractivity contribution in [1.82, 2.24) is 9.97 Å². The minimum Gasteiger partial charge on any atom is -0.494 e. The van der Waals surface area contributed by atoms with Crippen LogP contribution >= 0.6 is 23.2 Å². The summed E-state index contributed by atoms with van der Waals surface area (Å²) >= 11 is 12.3. The molecule has 2 N–H and O–H groups in total. The van der Waals surface area contributed by atoms with Gasteiger partial charge in [-0.15, -0.1) is 0 Å². The molecular weight excluding hydrogens is 355 g/mol. The summed E-state index contributed by atoms with van der Waals surface area (Å²) < 4.78 is 10.4. The first-order chi connectivity index (χ1) is 11.5. The predicted molar refractivity (Wildman–Crippen MR) is 95.0 cm³/mol. The molecule has 0 spiro atoms. The topological polar surface area (TPSA) is 88.6 Å². The molecule has 24 heavy (non-hydrogen) atoms. The molecule has 0 aliphatic rings. The van der Waals surface area contributed by atoms with E-state index < -0.39 is 0 Å². The number of aromatic amines is 1. The first-order valence-corrected chi connectivity index (χ1v) is 7.75. The van der Waals surface area contributed by atoms with Gasteiger partial charge >= 0.3 is 0 Å². The lowest BCUT2D eigenvalue weighted by Gasteiger charge is -2.12. The Morgan fingerprint density at radius 3 is 2.62 bits per heavy atom. The van der Waals surface area contributed by atoms with E-state index in [2.05, 4.69) is 20.5 Å². The Morgan fingerprint density at radius 2 is 2.00 bits per heavy atom. The van der Waals surface area contributed by atoms with Crippen LogP contribution in [0.4, 0.5) is 5.95 Å². The fourth-order valence-electron chi connectivity index (χ4n) is 2.00. The van der Waals surface area contributed by atoms with Crippen LogP contribution in [0.5, 0.6) is 11.5 Å². The number of aryl methyl sites for hydroxylation is 1. The van der Waals surface area contributed by atoms with Crippen LogP contribution in [0.25, 0.3) is 0 Å². The highest BCUT2D eigenvalue weighted by Crippen LogP contribution is 2.41. The SMILES string of the molecule is CCc1cc(=O)[nH]c(N/N=C\c2cc(Cl)c(OC)c(Cl)c2OC)n1. The van der Waals surface area contributed by atoms with Gasteiger partial charge in [0.05, 0.1) is 25.5 Å². The van der Waals surface area contributed by atoms with E-state index in [1.54, 1.807) is 6.07 Å². The summed E-state index contributed by atoms with van der Waals surface area (Å²) in [6, 6.07) is 3.04. The Labute approximate surface area is 148 Å². The molecular formula is C15H16Cl2N4O3. The number of halogens is 2. The van der Waals surface area contributed by atoms with Gasteiger partial charge in [-0.1, -0.05) is 30.1 Å². The zero-order valence-corrected chi connectivity index (χ0v) is 14.8. The van der Waals surface area contributed by atoms with Gasteiger partial charge in [0.25, 0.3) is 5.56 Å². The van der Waals surface area contributed by atoms with Crippen molar-refractivity contribution in [3.63, 3.8) is 0 Å². The average molecular weight is 371 g/mol. The Morgan fingerprint density at radius 1 is 1.29 bits per heavy atom. The third kappa shape index (κ3) is 3.98. The maximum absolute atomic E-state index is 11.5. The number of anilines is 1. The van der Waals surface area contributed by atoms with Crippen LogP contribution in [0.2, 0.25) is 10.0 Å². The molecule has 1 aromatic heterocycles. The van der Waals surface area contributed by atoms with Gasteiger partial charge in [-0.2, -0.15) is 5.10 Å². The second-order valence-corrected chi connectivity index (χ2v) is 5.42. The minimum absolute atomic E-state index is 0.236. The van der Waals surface area contributed by atoms with Crippen LogP contribution in [-0.2, 0) is 6.42 Å². The van der Waals surface area contributed by atoms with Crippen LogP contribution in [0.1, 0.15) is 18.2 Å². The van der Waals surface area contributed by atoms with Gasteiger partial charge in [0.15, 0.2) is 5.75 Å². The van der Waals surface area contributed by atoms with Crippen molar-refractivity contribution in [3.8, 4) is 11.5 Å². The molecule has 7 nitrogen and oxygen atoms in total. The molecule has 0 fully saturated rings. The predicted octanol–water partition coefficient (Wildman–Crippen LogP) is 3.10. The van der Waals surface area contributed by atoms with E-state index in [1.807, 2.05) is 6.92 Å². The number of nitrogens with one attached hydrogen (secondary N) is 2. The van der Waals surface area contributed by atoms with Crippen LogP contribution < -0.4 is 20.5 Å². The van der Waals surface area contributed by atoms with E-state index in [1.165, 1.54) is 26.5 Å². The van der Waals surface area contributed by atoms with E-state index in [-0.39, 0.29) is 16.5 Å². The second-order valence-electron chi connectivity index (χ2n) is 4.64. The second kappa shape index (κ2) is 8.03. The first-order valence-electron chi connectivity index (χ1n) is 6.99. The summed E-state index contributed by atoms with van der Waals surface area (Å²) in [7, 11) is 2.94. The number of hydrogen-bond donors (Lipinski definition) is 2.